The van der Waals surface area contributed by atoms with Crippen LogP contribution in [0.4, 0.5) is 0 Å². The van der Waals surface area contributed by atoms with Crippen molar-refractivity contribution in [2.24, 2.45) is 23.7 Å². The highest BCUT2D eigenvalue weighted by atomic mass is 16.5. The quantitative estimate of drug-likeness (QED) is 0.0220. The molecule has 0 radical (unpaired) electrons. The van der Waals surface area contributed by atoms with E-state index in [4.69, 9.17) is 0 Å². The summed E-state index contributed by atoms with van der Waals surface area (Å²) in [6, 6.07) is -7.63. The number of nitrogens with two attached hydrogens (primary N) is 1. The minimum Gasteiger partial charge on any atom is -0.466 e. The van der Waals surface area contributed by atoms with E-state index in [0.717, 1.165) is 5.32 Å². The van der Waals surface area contributed by atoms with Crippen molar-refractivity contribution >= 4 is 71.0 Å². The van der Waals surface area contributed by atoms with Crippen LogP contribution in [0.1, 0.15) is 133 Å². The highest BCUT2D eigenvalue weighted by Crippen LogP contribution is 2.18. The first kappa shape index (κ1) is 66.6. The average molecular weight is 1060 g/mol. The fourth-order valence-electron chi connectivity index (χ4n) is 7.93. The van der Waals surface area contributed by atoms with Gasteiger partial charge in [0.25, 0.3) is 0 Å². The van der Waals surface area contributed by atoms with Crippen LogP contribution in [0.15, 0.2) is 12.2 Å². The van der Waals surface area contributed by atoms with Gasteiger partial charge in [-0.25, -0.2) is 14.4 Å². The zero-order chi connectivity index (χ0) is 56.9. The zero-order valence-corrected chi connectivity index (χ0v) is 46.1. The molecule has 10 N–H and O–H groups in total. The Labute approximate surface area is 441 Å². The third-order valence-electron chi connectivity index (χ3n) is 12.5. The van der Waals surface area contributed by atoms with E-state index in [1.807, 2.05) is 34.6 Å². The number of amides is 10. The number of ether oxygens (including phenoxy) is 2. The molecule has 75 heavy (non-hydrogen) atoms. The van der Waals surface area contributed by atoms with Crippen LogP contribution in [0.5, 0.6) is 0 Å². The number of rotatable bonds is 32. The number of hydrogen-bond acceptors (Lipinski definition) is 14. The monoisotopic (exact) mass is 1060 g/mol. The van der Waals surface area contributed by atoms with Gasteiger partial charge in [-0.3, -0.25) is 48.5 Å². The lowest BCUT2D eigenvalue weighted by atomic mass is 9.96. The van der Waals surface area contributed by atoms with Crippen molar-refractivity contribution < 1.29 is 72.3 Å². The van der Waals surface area contributed by atoms with Gasteiger partial charge in [-0.1, -0.05) is 67.9 Å². The smallest absolute Gasteiger partial charge is 0.361 e. The summed E-state index contributed by atoms with van der Waals surface area (Å²) in [5, 5.41) is 22.2. The Bertz CT molecular complexity index is 2000. The number of methoxy groups -OCH3 is 2. The summed E-state index contributed by atoms with van der Waals surface area (Å²) in [5.74, 6) is -8.07. The highest BCUT2D eigenvalue weighted by molar-refractivity contribution is 5.97. The second-order valence-corrected chi connectivity index (χ2v) is 20.1. The van der Waals surface area contributed by atoms with Gasteiger partial charge in [-0.15, -0.1) is 0 Å². The van der Waals surface area contributed by atoms with Gasteiger partial charge in [0.2, 0.25) is 53.2 Å². The number of quaternary nitrogens is 1. The van der Waals surface area contributed by atoms with Crippen molar-refractivity contribution in [3.63, 3.8) is 0 Å². The Morgan fingerprint density at radius 1 is 0.653 bits per heavy atom. The number of unbranched alkanes of at least 4 members (excludes halogenated alkanes) is 1. The van der Waals surface area contributed by atoms with Crippen molar-refractivity contribution in [1.82, 2.24) is 47.4 Å². The molecular weight excluding hydrogens is 977 g/mol. The van der Waals surface area contributed by atoms with Crippen molar-refractivity contribution in [2.75, 3.05) is 40.4 Å². The minimum absolute atomic E-state index is 0.0207. The van der Waals surface area contributed by atoms with Crippen molar-refractivity contribution in [3.05, 3.63) is 12.2 Å². The standard InChI is InChI=1S/C51H86N10O14/c1-13-32(8)44(50(72)54-28-42(66)75-12)60-51(73)43(31(6)7)59-48(70)36(23-22-29(2)3)58-45(67)33(9)55-47(69)35(19-15-14-16-21-41(65)74-11)57-39(63)26-52-49(71)38-20-17-18-24-61(38)40(64)27-53-46(68)37(25-30(4)5)56-34(10)62/h16,21,29-33,35-38,43-44H,13-15,17-20,22-28H2,1-12H3,(H,52,71)(H,53,68)(H,54,72)(H,55,69)(H,56,62)(H,57,63)(H,58,67)(H,59,70)(H,60,73)/p+1. The van der Waals surface area contributed by atoms with Crippen molar-refractivity contribution in [2.45, 2.75) is 176 Å². The first-order valence-electron chi connectivity index (χ1n) is 26.1. The number of primary amides is 1. The predicted octanol–water partition coefficient (Wildman–Crippen LogP) is -1.10. The maximum absolute atomic E-state index is 14.0. The Morgan fingerprint density at radius 3 is 1.88 bits per heavy atom. The van der Waals surface area contributed by atoms with Gasteiger partial charge in [0.15, 0.2) is 6.54 Å². The third-order valence-corrected chi connectivity index (χ3v) is 12.5. The van der Waals surface area contributed by atoms with Crippen molar-refractivity contribution in [3.8, 4) is 0 Å². The van der Waals surface area contributed by atoms with Gasteiger partial charge in [-0.05, 0) is 88.4 Å². The van der Waals surface area contributed by atoms with Crippen LogP contribution in [0.25, 0.3) is 0 Å². The third kappa shape index (κ3) is 25.6. The number of carbonyl (C=O) groups is 12. The molecule has 0 aromatic heterocycles. The number of nitrogens with one attached hydrogen (secondary N) is 8. The van der Waals surface area contributed by atoms with E-state index >= 15 is 0 Å². The van der Waals surface area contributed by atoms with E-state index in [2.05, 4.69) is 52.0 Å². The highest BCUT2D eigenvalue weighted by Gasteiger charge is 2.37. The van der Waals surface area contributed by atoms with E-state index in [1.165, 1.54) is 45.1 Å². The Morgan fingerprint density at radius 2 is 1.29 bits per heavy atom. The van der Waals surface area contributed by atoms with Crippen LogP contribution < -0.4 is 47.9 Å². The molecule has 0 saturated carbocycles. The van der Waals surface area contributed by atoms with Crippen LogP contribution in [0.3, 0.4) is 0 Å². The number of nitrogens with zero attached hydrogens (tertiary/aromatic N) is 1. The lowest BCUT2D eigenvalue weighted by molar-refractivity contribution is -0.561. The average Bonchev–Trinajstić information content (AvgIpc) is 3.36. The largest absolute Gasteiger partial charge is 0.466 e. The summed E-state index contributed by atoms with van der Waals surface area (Å²) >= 11 is 0. The number of carbonyl (C=O) groups excluding carboxylic acids is 12. The lowest BCUT2D eigenvalue weighted by Crippen LogP contribution is -2.93. The SMILES string of the molecule is CCC(C)C(NC(=O)C(NC(=O)C(CCC(C)C)NC(=O)C(C)NC(=O)C(CCCC=CC(=O)OC)NC(=O)CNC(=O)C1CCCCN1C(=O)CNC(=O)C(CC(C)C)NC(C)=O)C(C)C)C(=O)[NH2+]CC(=O)OC. The maximum atomic E-state index is 14.0. The van der Waals surface area contributed by atoms with E-state index in [9.17, 15) is 57.5 Å². The number of piperidine rings is 1. The topological polar surface area (TPSA) is 339 Å². The van der Waals surface area contributed by atoms with Gasteiger partial charge in [0, 0.05) is 19.5 Å². The Kier molecular flexibility index (Phi) is 31.0. The second-order valence-electron chi connectivity index (χ2n) is 20.1. The molecule has 0 aromatic carbocycles. The maximum Gasteiger partial charge on any atom is 0.361 e. The number of hydrogen-bond donors (Lipinski definition) is 9. The van der Waals surface area contributed by atoms with E-state index < -0.39 is 132 Å². The van der Waals surface area contributed by atoms with Gasteiger partial charge in [-0.2, -0.15) is 0 Å². The summed E-state index contributed by atoms with van der Waals surface area (Å²) in [6.07, 6.45) is 6.32. The summed E-state index contributed by atoms with van der Waals surface area (Å²) < 4.78 is 9.24. The Balaban J connectivity index is 3.20. The summed E-state index contributed by atoms with van der Waals surface area (Å²) in [4.78, 5) is 158. The molecule has 8 unspecified atom stereocenters. The molecule has 0 aliphatic carbocycles. The van der Waals surface area contributed by atoms with E-state index in [1.54, 1.807) is 20.8 Å². The van der Waals surface area contributed by atoms with Crippen LogP contribution in [-0.2, 0) is 67.0 Å². The zero-order valence-electron chi connectivity index (χ0n) is 46.1. The molecule has 24 nitrogen and oxygen atoms in total. The second kappa shape index (κ2) is 34.9. The van der Waals surface area contributed by atoms with E-state index in [-0.39, 0.29) is 56.5 Å². The summed E-state index contributed by atoms with van der Waals surface area (Å²) in [7, 11) is 2.41. The molecule has 24 heteroatoms. The molecule has 1 rings (SSSR count). The van der Waals surface area contributed by atoms with Crippen LogP contribution >= 0.6 is 0 Å². The number of likely N-dealkylation sites (tertiary alicyclic amines) is 1. The van der Waals surface area contributed by atoms with Gasteiger partial charge < -0.3 is 56.9 Å². The molecule has 8 atom stereocenters. The van der Waals surface area contributed by atoms with Crippen molar-refractivity contribution in [1.29, 1.82) is 0 Å². The molecule has 0 spiro atoms. The summed E-state index contributed by atoms with van der Waals surface area (Å²) in [6.45, 7) is 16.2. The molecule has 0 bridgehead atoms. The lowest BCUT2D eigenvalue weighted by Gasteiger charge is -2.35. The Hall–Kier alpha value is -6.46. The summed E-state index contributed by atoms with van der Waals surface area (Å²) in [5.41, 5.74) is 0. The predicted molar refractivity (Wildman–Crippen MR) is 275 cm³/mol. The molecule has 0 aromatic rings. The first-order chi connectivity index (χ1) is 35.3. The van der Waals surface area contributed by atoms with Crippen LogP contribution in [0.2, 0.25) is 0 Å². The molecule has 10 amide bonds. The molecule has 1 fully saturated rings. The van der Waals surface area contributed by atoms with Gasteiger partial charge >= 0.3 is 17.8 Å². The molecular formula is C51H87N10O14+. The minimum atomic E-state index is -1.26. The molecule has 424 valence electrons. The fraction of sp³-hybridized carbons (Fsp3) is 0.725. The molecule has 1 aliphatic rings. The van der Waals surface area contributed by atoms with Gasteiger partial charge in [0.1, 0.15) is 42.3 Å². The van der Waals surface area contributed by atoms with E-state index in [0.29, 0.717) is 38.5 Å². The van der Waals surface area contributed by atoms with Crippen LogP contribution in [0, 0.1) is 23.7 Å². The first-order valence-corrected chi connectivity index (χ1v) is 26.1. The number of esters is 2. The molecule has 1 aliphatic heterocycles. The molecule has 1 saturated heterocycles. The fourth-order valence-corrected chi connectivity index (χ4v) is 7.93. The number of allylic oxidation sites excluding steroid dienone is 1. The van der Waals surface area contributed by atoms with Crippen LogP contribution in [-0.4, -0.2) is 159 Å². The molecule has 1 heterocycles. The normalized spacial score (nSPS) is 16.3. The van der Waals surface area contributed by atoms with Gasteiger partial charge in [0.05, 0.1) is 27.3 Å².